The van der Waals surface area contributed by atoms with Crippen LogP contribution in [0, 0.1) is 0 Å². The van der Waals surface area contributed by atoms with Gasteiger partial charge in [-0.1, -0.05) is 0 Å². The summed E-state index contributed by atoms with van der Waals surface area (Å²) in [7, 11) is 2.17. The summed E-state index contributed by atoms with van der Waals surface area (Å²) in [6.45, 7) is 4.12. The SMILES string of the molecule is CN1CCO[C@@H]2CNC[C@@H]21. The van der Waals surface area contributed by atoms with Gasteiger partial charge in [0.1, 0.15) is 0 Å². The van der Waals surface area contributed by atoms with Crippen molar-refractivity contribution in [2.45, 2.75) is 12.1 Å². The normalized spacial score (nSPS) is 41.7. The Kier molecular flexibility index (Phi) is 1.64. The summed E-state index contributed by atoms with van der Waals surface area (Å²) in [6.07, 6.45) is 0.457. The standard InChI is InChI=1S/C7H14N2O/c1-9-2-3-10-7-5-8-4-6(7)9/h6-8H,2-5H2,1H3/t6-,7+/m0/s1. The van der Waals surface area contributed by atoms with Crippen molar-refractivity contribution < 1.29 is 4.74 Å². The molecule has 2 rings (SSSR count). The van der Waals surface area contributed by atoms with Crippen molar-refractivity contribution in [3.05, 3.63) is 0 Å². The molecule has 2 aliphatic rings. The van der Waals surface area contributed by atoms with Gasteiger partial charge in [-0.25, -0.2) is 0 Å². The molecule has 2 saturated heterocycles. The Balaban J connectivity index is 2.03. The van der Waals surface area contributed by atoms with Gasteiger partial charge >= 0.3 is 0 Å². The van der Waals surface area contributed by atoms with Crippen molar-refractivity contribution in [2.75, 3.05) is 33.3 Å². The van der Waals surface area contributed by atoms with E-state index in [2.05, 4.69) is 17.3 Å². The third-order valence-corrected chi connectivity index (χ3v) is 2.47. The molecule has 2 atom stereocenters. The number of fused-ring (bicyclic) bond motifs is 1. The minimum absolute atomic E-state index is 0.457. The zero-order chi connectivity index (χ0) is 6.97. The number of morpholine rings is 1. The first-order valence-electron chi connectivity index (χ1n) is 3.90. The number of rotatable bonds is 0. The Bertz CT molecular complexity index is 129. The molecule has 10 heavy (non-hydrogen) atoms. The topological polar surface area (TPSA) is 24.5 Å². The molecule has 2 heterocycles. The van der Waals surface area contributed by atoms with Gasteiger partial charge in [0.25, 0.3) is 0 Å². The van der Waals surface area contributed by atoms with Gasteiger partial charge in [-0.2, -0.15) is 0 Å². The number of nitrogens with one attached hydrogen (secondary N) is 1. The molecule has 0 aromatic rings. The number of likely N-dealkylation sites (N-methyl/N-ethyl adjacent to an activating group) is 1. The largest absolute Gasteiger partial charge is 0.374 e. The van der Waals surface area contributed by atoms with Crippen LogP contribution >= 0.6 is 0 Å². The second-order valence-corrected chi connectivity index (χ2v) is 3.12. The molecule has 1 N–H and O–H groups in total. The zero-order valence-corrected chi connectivity index (χ0v) is 6.34. The predicted molar refractivity (Wildman–Crippen MR) is 39.0 cm³/mol. The highest BCUT2D eigenvalue weighted by molar-refractivity contribution is 4.90. The van der Waals surface area contributed by atoms with E-state index in [1.807, 2.05) is 0 Å². The molecule has 0 aromatic heterocycles. The molecule has 0 aliphatic carbocycles. The summed E-state index contributed by atoms with van der Waals surface area (Å²) in [6, 6.07) is 0.633. The zero-order valence-electron chi connectivity index (χ0n) is 6.34. The maximum absolute atomic E-state index is 5.57. The Morgan fingerprint density at radius 1 is 1.50 bits per heavy atom. The van der Waals surface area contributed by atoms with E-state index in [9.17, 15) is 0 Å². The summed E-state index contributed by atoms with van der Waals surface area (Å²) in [5.41, 5.74) is 0. The highest BCUT2D eigenvalue weighted by atomic mass is 16.5. The fourth-order valence-electron chi connectivity index (χ4n) is 1.76. The van der Waals surface area contributed by atoms with Crippen LogP contribution in [0.15, 0.2) is 0 Å². The highest BCUT2D eigenvalue weighted by Gasteiger charge is 2.33. The Labute approximate surface area is 61.3 Å². The van der Waals surface area contributed by atoms with Gasteiger partial charge in [-0.15, -0.1) is 0 Å². The van der Waals surface area contributed by atoms with Gasteiger partial charge in [0.2, 0.25) is 0 Å². The molecule has 0 radical (unpaired) electrons. The molecule has 0 amide bonds. The molecule has 58 valence electrons. The minimum Gasteiger partial charge on any atom is -0.374 e. The first kappa shape index (κ1) is 6.58. The van der Waals surface area contributed by atoms with E-state index < -0.39 is 0 Å². The van der Waals surface area contributed by atoms with Crippen molar-refractivity contribution in [3.63, 3.8) is 0 Å². The maximum atomic E-state index is 5.57. The lowest BCUT2D eigenvalue weighted by Crippen LogP contribution is -2.48. The third kappa shape index (κ3) is 0.944. The summed E-state index contributed by atoms with van der Waals surface area (Å²) in [4.78, 5) is 2.38. The van der Waals surface area contributed by atoms with Crippen LogP contribution in [-0.4, -0.2) is 50.3 Å². The average Bonchev–Trinajstić information content (AvgIpc) is 2.36. The quantitative estimate of drug-likeness (QED) is 0.483. The summed E-state index contributed by atoms with van der Waals surface area (Å²) in [5.74, 6) is 0. The lowest BCUT2D eigenvalue weighted by Gasteiger charge is -2.33. The van der Waals surface area contributed by atoms with Crippen LogP contribution in [-0.2, 0) is 4.74 Å². The number of hydrogen-bond donors (Lipinski definition) is 1. The summed E-state index contributed by atoms with van der Waals surface area (Å²) < 4.78 is 5.57. The third-order valence-electron chi connectivity index (χ3n) is 2.47. The van der Waals surface area contributed by atoms with Crippen LogP contribution in [0.3, 0.4) is 0 Å². The number of nitrogens with zero attached hydrogens (tertiary/aromatic N) is 1. The lowest BCUT2D eigenvalue weighted by atomic mass is 10.1. The van der Waals surface area contributed by atoms with Gasteiger partial charge in [-0.3, -0.25) is 4.90 Å². The van der Waals surface area contributed by atoms with Crippen molar-refractivity contribution in [1.29, 1.82) is 0 Å². The molecule has 2 fully saturated rings. The molecule has 0 aromatic carbocycles. The Morgan fingerprint density at radius 3 is 3.20 bits per heavy atom. The van der Waals surface area contributed by atoms with E-state index in [-0.39, 0.29) is 0 Å². The van der Waals surface area contributed by atoms with E-state index in [0.29, 0.717) is 12.1 Å². The van der Waals surface area contributed by atoms with E-state index in [1.54, 1.807) is 0 Å². The maximum Gasteiger partial charge on any atom is 0.0867 e. The average molecular weight is 142 g/mol. The van der Waals surface area contributed by atoms with Gasteiger partial charge < -0.3 is 10.1 Å². The van der Waals surface area contributed by atoms with E-state index in [4.69, 9.17) is 4.74 Å². The van der Waals surface area contributed by atoms with E-state index >= 15 is 0 Å². The van der Waals surface area contributed by atoms with E-state index in [1.165, 1.54) is 0 Å². The molecular weight excluding hydrogens is 128 g/mol. The second-order valence-electron chi connectivity index (χ2n) is 3.12. The highest BCUT2D eigenvalue weighted by Crippen LogP contribution is 2.14. The monoisotopic (exact) mass is 142 g/mol. The van der Waals surface area contributed by atoms with Crippen LogP contribution in [0.2, 0.25) is 0 Å². The smallest absolute Gasteiger partial charge is 0.0867 e. The van der Waals surface area contributed by atoms with E-state index in [0.717, 1.165) is 26.2 Å². The fourth-order valence-corrected chi connectivity index (χ4v) is 1.76. The summed E-state index contributed by atoms with van der Waals surface area (Å²) in [5, 5.41) is 3.33. The predicted octanol–water partition coefficient (Wildman–Crippen LogP) is -0.711. The molecule has 3 nitrogen and oxygen atoms in total. The van der Waals surface area contributed by atoms with Gasteiger partial charge in [0.15, 0.2) is 0 Å². The second kappa shape index (κ2) is 2.49. The van der Waals surface area contributed by atoms with Crippen molar-refractivity contribution in [1.82, 2.24) is 10.2 Å². The number of ether oxygens (including phenoxy) is 1. The lowest BCUT2D eigenvalue weighted by molar-refractivity contribution is -0.0363. The summed E-state index contributed by atoms with van der Waals surface area (Å²) >= 11 is 0. The van der Waals surface area contributed by atoms with Crippen LogP contribution in [0.5, 0.6) is 0 Å². The first-order valence-corrected chi connectivity index (χ1v) is 3.90. The molecule has 3 heteroatoms. The Hall–Kier alpha value is -0.120. The van der Waals surface area contributed by atoms with Crippen LogP contribution in [0.4, 0.5) is 0 Å². The van der Waals surface area contributed by atoms with Gasteiger partial charge in [-0.05, 0) is 7.05 Å². The van der Waals surface area contributed by atoms with Crippen LogP contribution < -0.4 is 5.32 Å². The van der Waals surface area contributed by atoms with Crippen molar-refractivity contribution >= 4 is 0 Å². The first-order chi connectivity index (χ1) is 4.88. The molecule has 0 unspecified atom stereocenters. The van der Waals surface area contributed by atoms with Crippen molar-refractivity contribution in [2.24, 2.45) is 0 Å². The van der Waals surface area contributed by atoms with Gasteiger partial charge in [0.05, 0.1) is 12.7 Å². The molecule has 0 bridgehead atoms. The fraction of sp³-hybridized carbons (Fsp3) is 1.00. The van der Waals surface area contributed by atoms with Crippen molar-refractivity contribution in [3.8, 4) is 0 Å². The number of hydrogen-bond acceptors (Lipinski definition) is 3. The Morgan fingerprint density at radius 2 is 2.40 bits per heavy atom. The minimum atomic E-state index is 0.457. The van der Waals surface area contributed by atoms with Crippen LogP contribution in [0.1, 0.15) is 0 Å². The molecule has 0 spiro atoms. The van der Waals surface area contributed by atoms with Crippen LogP contribution in [0.25, 0.3) is 0 Å². The van der Waals surface area contributed by atoms with Gasteiger partial charge in [0, 0.05) is 25.7 Å². The molecular formula is C7H14N2O. The molecule has 2 aliphatic heterocycles. The molecule has 0 saturated carbocycles.